The van der Waals surface area contributed by atoms with Crippen LogP contribution in [0.3, 0.4) is 0 Å². The number of ether oxygens (including phenoxy) is 1. The van der Waals surface area contributed by atoms with E-state index in [9.17, 15) is 4.79 Å². The maximum atomic E-state index is 11.5. The van der Waals surface area contributed by atoms with Gasteiger partial charge in [-0.25, -0.2) is 0 Å². The zero-order valence-corrected chi connectivity index (χ0v) is 8.93. The molecule has 0 spiro atoms. The zero-order valence-electron chi connectivity index (χ0n) is 8.93. The lowest BCUT2D eigenvalue weighted by molar-refractivity contribution is 0.0867. The van der Waals surface area contributed by atoms with Crippen molar-refractivity contribution in [3.05, 3.63) is 24.0 Å². The molecule has 0 bridgehead atoms. The van der Waals surface area contributed by atoms with Gasteiger partial charge in [0, 0.05) is 13.2 Å². The average molecular weight is 225 g/mol. The smallest absolute Gasteiger partial charge is 0.252 e. The van der Waals surface area contributed by atoms with Gasteiger partial charge < -0.3 is 15.2 Å². The predicted octanol–water partition coefficient (Wildman–Crippen LogP) is -0.395. The topological polar surface area (TPSA) is 84.3 Å². The molecule has 0 atom stereocenters. The summed E-state index contributed by atoms with van der Waals surface area (Å²) in [6, 6.07) is 1.60. The van der Waals surface area contributed by atoms with E-state index in [1.54, 1.807) is 6.07 Å². The molecule has 6 heteroatoms. The molecule has 0 saturated heterocycles. The van der Waals surface area contributed by atoms with E-state index in [1.807, 2.05) is 0 Å². The molecule has 0 aliphatic carbocycles. The fourth-order valence-electron chi connectivity index (χ4n) is 1.07. The number of aliphatic hydroxyl groups is 1. The Morgan fingerprint density at radius 2 is 2.31 bits per heavy atom. The van der Waals surface area contributed by atoms with Crippen LogP contribution in [0.4, 0.5) is 0 Å². The molecular formula is C10H15N3O3. The van der Waals surface area contributed by atoms with Gasteiger partial charge in [0.15, 0.2) is 0 Å². The first kappa shape index (κ1) is 12.5. The Balaban J connectivity index is 2.12. The molecule has 1 rings (SSSR count). The van der Waals surface area contributed by atoms with Crippen molar-refractivity contribution in [1.82, 2.24) is 15.5 Å². The van der Waals surface area contributed by atoms with Crippen LogP contribution in [0.15, 0.2) is 18.5 Å². The molecule has 1 aromatic heterocycles. The van der Waals surface area contributed by atoms with Gasteiger partial charge in [-0.1, -0.05) is 0 Å². The van der Waals surface area contributed by atoms with E-state index >= 15 is 0 Å². The van der Waals surface area contributed by atoms with Gasteiger partial charge in [-0.3, -0.25) is 4.79 Å². The Morgan fingerprint density at radius 1 is 1.44 bits per heavy atom. The lowest BCUT2D eigenvalue weighted by atomic mass is 10.3. The van der Waals surface area contributed by atoms with E-state index in [-0.39, 0.29) is 12.5 Å². The summed E-state index contributed by atoms with van der Waals surface area (Å²) in [5, 5.41) is 18.4. The standard InChI is InChI=1S/C10H15N3O3/c14-5-7-16-6-1-3-11-10(15)9-2-4-12-13-8-9/h2,4,8,14H,1,3,5-7H2,(H,11,15). The van der Waals surface area contributed by atoms with Gasteiger partial charge in [0.1, 0.15) is 0 Å². The summed E-state index contributed by atoms with van der Waals surface area (Å²) in [4.78, 5) is 11.5. The van der Waals surface area contributed by atoms with Crippen molar-refractivity contribution in [3.8, 4) is 0 Å². The molecule has 88 valence electrons. The van der Waals surface area contributed by atoms with Crippen molar-refractivity contribution in [2.75, 3.05) is 26.4 Å². The van der Waals surface area contributed by atoms with Crippen molar-refractivity contribution in [1.29, 1.82) is 0 Å². The van der Waals surface area contributed by atoms with E-state index in [1.165, 1.54) is 12.4 Å². The second-order valence-corrected chi connectivity index (χ2v) is 3.08. The van der Waals surface area contributed by atoms with Crippen LogP contribution in [-0.4, -0.2) is 47.6 Å². The fraction of sp³-hybridized carbons (Fsp3) is 0.500. The first-order valence-electron chi connectivity index (χ1n) is 5.08. The molecule has 0 aliphatic heterocycles. The number of hydrogen-bond donors (Lipinski definition) is 2. The Kier molecular flexibility index (Phi) is 6.05. The highest BCUT2D eigenvalue weighted by atomic mass is 16.5. The monoisotopic (exact) mass is 225 g/mol. The van der Waals surface area contributed by atoms with Crippen molar-refractivity contribution < 1.29 is 14.6 Å². The highest BCUT2D eigenvalue weighted by Gasteiger charge is 2.03. The summed E-state index contributed by atoms with van der Waals surface area (Å²) in [6.45, 7) is 1.42. The average Bonchev–Trinajstić information content (AvgIpc) is 2.34. The highest BCUT2D eigenvalue weighted by Crippen LogP contribution is 1.93. The van der Waals surface area contributed by atoms with Crippen LogP contribution in [0, 0.1) is 0 Å². The first-order valence-corrected chi connectivity index (χ1v) is 5.08. The van der Waals surface area contributed by atoms with Crippen LogP contribution in [0.5, 0.6) is 0 Å². The molecule has 0 aliphatic rings. The molecule has 16 heavy (non-hydrogen) atoms. The van der Waals surface area contributed by atoms with Crippen molar-refractivity contribution in [3.63, 3.8) is 0 Å². The number of rotatable bonds is 7. The van der Waals surface area contributed by atoms with E-state index in [0.29, 0.717) is 31.7 Å². The normalized spacial score (nSPS) is 10.1. The predicted molar refractivity (Wildman–Crippen MR) is 56.9 cm³/mol. The lowest BCUT2D eigenvalue weighted by Crippen LogP contribution is -2.25. The summed E-state index contributed by atoms with van der Waals surface area (Å²) < 4.78 is 5.05. The third-order valence-corrected chi connectivity index (χ3v) is 1.83. The summed E-state index contributed by atoms with van der Waals surface area (Å²) in [7, 11) is 0. The number of hydrogen-bond acceptors (Lipinski definition) is 5. The Bertz CT molecular complexity index is 305. The Labute approximate surface area is 93.6 Å². The molecule has 0 radical (unpaired) electrons. The molecule has 1 heterocycles. The highest BCUT2D eigenvalue weighted by molar-refractivity contribution is 5.93. The van der Waals surface area contributed by atoms with E-state index in [0.717, 1.165) is 0 Å². The second-order valence-electron chi connectivity index (χ2n) is 3.08. The molecular weight excluding hydrogens is 210 g/mol. The maximum Gasteiger partial charge on any atom is 0.252 e. The molecule has 6 nitrogen and oxygen atoms in total. The molecule has 2 N–H and O–H groups in total. The molecule has 0 aromatic carbocycles. The molecule has 0 fully saturated rings. The minimum absolute atomic E-state index is 0.0229. The molecule has 0 unspecified atom stereocenters. The minimum Gasteiger partial charge on any atom is -0.394 e. The van der Waals surface area contributed by atoms with Crippen LogP contribution in [0.25, 0.3) is 0 Å². The second kappa shape index (κ2) is 7.72. The molecule has 1 aromatic rings. The largest absolute Gasteiger partial charge is 0.394 e. The van der Waals surface area contributed by atoms with Gasteiger partial charge in [0.05, 0.1) is 31.2 Å². The van der Waals surface area contributed by atoms with Gasteiger partial charge >= 0.3 is 0 Å². The number of carbonyl (C=O) groups excluding carboxylic acids is 1. The number of carbonyl (C=O) groups is 1. The SMILES string of the molecule is O=C(NCCCOCCO)c1ccnnc1. The number of aromatic nitrogens is 2. The van der Waals surface area contributed by atoms with Crippen LogP contribution in [-0.2, 0) is 4.74 Å². The summed E-state index contributed by atoms with van der Waals surface area (Å²) in [5.74, 6) is -0.169. The fourth-order valence-corrected chi connectivity index (χ4v) is 1.07. The van der Waals surface area contributed by atoms with Crippen molar-refractivity contribution in [2.24, 2.45) is 0 Å². The summed E-state index contributed by atoms with van der Waals surface area (Å²) >= 11 is 0. The van der Waals surface area contributed by atoms with Gasteiger partial charge in [0.2, 0.25) is 0 Å². The van der Waals surface area contributed by atoms with Gasteiger partial charge in [-0.15, -0.1) is 0 Å². The lowest BCUT2D eigenvalue weighted by Gasteiger charge is -2.04. The van der Waals surface area contributed by atoms with Crippen LogP contribution in [0.1, 0.15) is 16.8 Å². The number of aliphatic hydroxyl groups excluding tert-OH is 1. The van der Waals surface area contributed by atoms with Crippen LogP contribution < -0.4 is 5.32 Å². The number of nitrogens with one attached hydrogen (secondary N) is 1. The van der Waals surface area contributed by atoms with Crippen LogP contribution in [0.2, 0.25) is 0 Å². The Morgan fingerprint density at radius 3 is 3.00 bits per heavy atom. The number of amides is 1. The van der Waals surface area contributed by atoms with Crippen molar-refractivity contribution in [2.45, 2.75) is 6.42 Å². The molecule has 1 amide bonds. The third-order valence-electron chi connectivity index (χ3n) is 1.83. The van der Waals surface area contributed by atoms with Gasteiger partial charge in [-0.2, -0.15) is 10.2 Å². The minimum atomic E-state index is -0.169. The van der Waals surface area contributed by atoms with Crippen molar-refractivity contribution >= 4 is 5.91 Å². The van der Waals surface area contributed by atoms with Crippen LogP contribution >= 0.6 is 0 Å². The molecule has 0 saturated carbocycles. The summed E-state index contributed by atoms with van der Waals surface area (Å²) in [6.07, 6.45) is 3.60. The quantitative estimate of drug-likeness (QED) is 0.617. The van der Waals surface area contributed by atoms with E-state index in [4.69, 9.17) is 9.84 Å². The van der Waals surface area contributed by atoms with E-state index < -0.39 is 0 Å². The maximum absolute atomic E-state index is 11.5. The van der Waals surface area contributed by atoms with Gasteiger partial charge in [0.25, 0.3) is 5.91 Å². The zero-order chi connectivity index (χ0) is 11.6. The Hall–Kier alpha value is -1.53. The van der Waals surface area contributed by atoms with E-state index in [2.05, 4.69) is 15.5 Å². The number of nitrogens with zero attached hydrogens (tertiary/aromatic N) is 2. The first-order chi connectivity index (χ1) is 7.84. The summed E-state index contributed by atoms with van der Waals surface area (Å²) in [5.41, 5.74) is 0.492. The van der Waals surface area contributed by atoms with Gasteiger partial charge in [-0.05, 0) is 12.5 Å². The third kappa shape index (κ3) is 4.81.